The summed E-state index contributed by atoms with van der Waals surface area (Å²) in [6.45, 7) is 0. The fourth-order valence-corrected chi connectivity index (χ4v) is 8.19. The second kappa shape index (κ2) is 1.50. The summed E-state index contributed by atoms with van der Waals surface area (Å²) >= 11 is 0. The normalized spacial score (nSPS) is 51.0. The Kier molecular flexibility index (Phi) is 1.32. The molecule has 92 valence electrons. The molecule has 0 radical (unpaired) electrons. The number of hydrogen-bond acceptors (Lipinski definition) is 2. The van der Waals surface area contributed by atoms with Crippen molar-refractivity contribution in [2.24, 2.45) is 0 Å². The fourth-order valence-electron chi connectivity index (χ4n) is 1.03. The van der Waals surface area contributed by atoms with Crippen LogP contribution in [0.5, 0.6) is 0 Å². The topological polar surface area (TPSA) is 6.48 Å². The fraction of sp³-hybridized carbons (Fsp3) is 1.00. The van der Waals surface area contributed by atoms with Gasteiger partial charge < -0.3 is 0 Å². The molecule has 0 aromatic rings. The molecule has 1 heterocycles. The molecule has 1 rings (SSSR count). The zero-order chi connectivity index (χ0) is 12.0. The summed E-state index contributed by atoms with van der Waals surface area (Å²) in [6, 6.07) is 0. The first-order valence-corrected chi connectivity index (χ1v) is 7.35. The van der Waals surface area contributed by atoms with Crippen LogP contribution < -0.4 is 0 Å². The molecule has 2 nitrogen and oxygen atoms in total. The van der Waals surface area contributed by atoms with Gasteiger partial charge in [0.05, 0.1) is 0 Å². The Morgan fingerprint density at radius 3 is 0.786 bits per heavy atom. The molecule has 1 aliphatic heterocycles. The molecular weight excluding hydrogens is 266 g/mol. The van der Waals surface area contributed by atoms with Crippen molar-refractivity contribution in [1.29, 1.82) is 0 Å². The van der Waals surface area contributed by atoms with Crippen molar-refractivity contribution in [2.75, 3.05) is 14.1 Å². The summed E-state index contributed by atoms with van der Waals surface area (Å²) in [5, 5.41) is 0. The Morgan fingerprint density at radius 2 is 0.714 bits per heavy atom. The molecule has 0 atom stereocenters. The van der Waals surface area contributed by atoms with E-state index in [1.807, 2.05) is 0 Å². The van der Waals surface area contributed by atoms with Gasteiger partial charge in [-0.2, -0.15) is 0 Å². The van der Waals surface area contributed by atoms with E-state index in [0.29, 0.717) is 0 Å². The second-order valence-corrected chi connectivity index (χ2v) is 10.5. The van der Waals surface area contributed by atoms with Crippen LogP contribution in [0.4, 0.5) is 33.6 Å². The van der Waals surface area contributed by atoms with Crippen LogP contribution in [0.15, 0.2) is 0 Å². The molecule has 0 aliphatic carbocycles. The van der Waals surface area contributed by atoms with E-state index in [9.17, 15) is 33.6 Å². The molecular formula is C2H6F8N2P2-2. The molecule has 12 heteroatoms. The van der Waals surface area contributed by atoms with Crippen LogP contribution >= 0.6 is 15.0 Å². The van der Waals surface area contributed by atoms with Crippen LogP contribution in [-0.4, -0.2) is 23.0 Å². The van der Waals surface area contributed by atoms with Gasteiger partial charge >= 0.3 is 71.5 Å². The van der Waals surface area contributed by atoms with Gasteiger partial charge in [-0.1, -0.05) is 0 Å². The predicted octanol–water partition coefficient (Wildman–Crippen LogP) is 4.78. The van der Waals surface area contributed by atoms with Crippen LogP contribution in [0.2, 0.25) is 0 Å². The van der Waals surface area contributed by atoms with Crippen molar-refractivity contribution in [1.82, 2.24) is 8.88 Å². The summed E-state index contributed by atoms with van der Waals surface area (Å²) in [7, 11) is -21.0. The third kappa shape index (κ3) is 0.951. The van der Waals surface area contributed by atoms with Crippen molar-refractivity contribution in [2.45, 2.75) is 0 Å². The molecule has 0 unspecified atom stereocenters. The van der Waals surface area contributed by atoms with Gasteiger partial charge in [-0.3, -0.25) is 0 Å². The van der Waals surface area contributed by atoms with Crippen LogP contribution in [0.3, 0.4) is 0 Å². The van der Waals surface area contributed by atoms with E-state index in [2.05, 4.69) is 0 Å². The van der Waals surface area contributed by atoms with E-state index < -0.39 is 38.0 Å². The van der Waals surface area contributed by atoms with E-state index in [4.69, 9.17) is 0 Å². The Morgan fingerprint density at radius 1 is 0.571 bits per heavy atom. The predicted molar refractivity (Wildman–Crippen MR) is 38.2 cm³/mol. The van der Waals surface area contributed by atoms with Crippen molar-refractivity contribution in [3.05, 3.63) is 0 Å². The molecule has 1 aliphatic rings. The van der Waals surface area contributed by atoms with Gasteiger partial charge in [0.15, 0.2) is 0 Å². The molecule has 1 saturated heterocycles. The molecule has 0 N–H and O–H groups in total. The second-order valence-electron chi connectivity index (χ2n) is 3.13. The van der Waals surface area contributed by atoms with E-state index in [0.717, 1.165) is 0 Å². The molecule has 14 heavy (non-hydrogen) atoms. The van der Waals surface area contributed by atoms with Crippen LogP contribution in [-0.2, 0) is 0 Å². The average Bonchev–Trinajstić information content (AvgIpc) is 1.80. The number of halogens is 8. The van der Waals surface area contributed by atoms with Gasteiger partial charge in [0.1, 0.15) is 0 Å². The van der Waals surface area contributed by atoms with Crippen molar-refractivity contribution in [3.8, 4) is 0 Å². The Labute approximate surface area is 72.7 Å². The molecule has 0 aromatic carbocycles. The molecule has 0 saturated carbocycles. The molecule has 1 fully saturated rings. The molecule has 0 bridgehead atoms. The van der Waals surface area contributed by atoms with Gasteiger partial charge in [-0.05, 0) is 0 Å². The SMILES string of the molecule is CN1[P-](F)(F)(F)(F)N(C)[P-]1(F)(F)(F)F. The maximum absolute atomic E-state index is 12.4. The van der Waals surface area contributed by atoms with Gasteiger partial charge in [-0.25, -0.2) is 0 Å². The Bertz CT molecular complexity index is 277. The van der Waals surface area contributed by atoms with Gasteiger partial charge in [0, 0.05) is 0 Å². The first kappa shape index (κ1) is 12.3. The van der Waals surface area contributed by atoms with Crippen LogP contribution in [0, 0.1) is 0 Å². The van der Waals surface area contributed by atoms with Crippen molar-refractivity contribution < 1.29 is 33.6 Å². The maximum atomic E-state index is 12.4. The third-order valence-corrected chi connectivity index (χ3v) is 11.0. The van der Waals surface area contributed by atoms with Crippen LogP contribution in [0.1, 0.15) is 0 Å². The standard InChI is InChI=1S/C2H6F8N2P2/c1-11-13(3,4,5,6)12(2)14(11,7,8,9)10/h1-2H3/q-2. The van der Waals surface area contributed by atoms with Crippen molar-refractivity contribution >= 4 is 15.0 Å². The Hall–Kier alpha value is 0.220. The van der Waals surface area contributed by atoms with Gasteiger partial charge in [0.25, 0.3) is 0 Å². The minimum absolute atomic E-state index is 0.675. The zero-order valence-corrected chi connectivity index (χ0v) is 8.60. The quantitative estimate of drug-likeness (QED) is 0.462. The number of rotatable bonds is 0. The average molecular weight is 272 g/mol. The van der Waals surface area contributed by atoms with Crippen LogP contribution in [0.25, 0.3) is 0 Å². The van der Waals surface area contributed by atoms with Gasteiger partial charge in [-0.15, -0.1) is 0 Å². The molecule has 0 amide bonds. The zero-order valence-electron chi connectivity index (χ0n) is 6.81. The summed E-state index contributed by atoms with van der Waals surface area (Å²) < 4.78 is 94.1. The summed E-state index contributed by atoms with van der Waals surface area (Å²) in [5.74, 6) is 0. The summed E-state index contributed by atoms with van der Waals surface area (Å²) in [4.78, 5) is 0. The van der Waals surface area contributed by atoms with Gasteiger partial charge in [0.2, 0.25) is 0 Å². The summed E-state index contributed by atoms with van der Waals surface area (Å²) in [6.07, 6.45) is 0. The van der Waals surface area contributed by atoms with Crippen molar-refractivity contribution in [3.63, 3.8) is 0 Å². The van der Waals surface area contributed by atoms with E-state index in [1.165, 1.54) is 0 Å². The van der Waals surface area contributed by atoms with E-state index in [1.54, 1.807) is 0 Å². The third-order valence-electron chi connectivity index (χ3n) is 2.27. The number of hydrogen-bond donors (Lipinski definition) is 0. The van der Waals surface area contributed by atoms with E-state index >= 15 is 0 Å². The van der Waals surface area contributed by atoms with E-state index in [-0.39, 0.29) is 0 Å². The molecule has 0 spiro atoms. The summed E-state index contributed by atoms with van der Waals surface area (Å²) in [5.41, 5.74) is 0. The monoisotopic (exact) mass is 272 g/mol. The minimum atomic E-state index is -9.85. The number of nitrogens with zero attached hydrogens (tertiary/aromatic N) is 2. The first-order chi connectivity index (χ1) is 5.36. The Balaban J connectivity index is 3.55. The first-order valence-electron chi connectivity index (χ1n) is 3.05. The molecule has 0 aromatic heterocycles.